The number of nitrogens with zero attached hydrogens (tertiary/aromatic N) is 1. The monoisotopic (exact) mass is 541 g/mol. The molecule has 1 aromatic carbocycles. The van der Waals surface area contributed by atoms with Crippen LogP contribution in [0.5, 0.6) is 5.75 Å². The van der Waals surface area contributed by atoms with Gasteiger partial charge in [0, 0.05) is 18.8 Å². The molecule has 0 radical (unpaired) electrons. The third kappa shape index (κ3) is 8.69. The minimum atomic E-state index is -3.42. The molecule has 7 heteroatoms. The molecule has 2 atom stereocenters. The van der Waals surface area contributed by atoms with E-state index in [0.29, 0.717) is 25.2 Å². The van der Waals surface area contributed by atoms with Crippen molar-refractivity contribution in [3.8, 4) is 5.75 Å². The molecule has 0 amide bonds. The SMILES string of the molecule is C=C/C(O)=C(\C=C(\C)Cc1cc(OCP2(=O)OCCC(c3ccncc3)O2)cc(C)c1CC)C(C)C.CC. The molecule has 2 unspecified atom stereocenters. The van der Waals surface area contributed by atoms with E-state index in [0.717, 1.165) is 34.3 Å². The Morgan fingerprint density at radius 1 is 1.29 bits per heavy atom. The van der Waals surface area contributed by atoms with Gasteiger partial charge >= 0.3 is 7.60 Å². The number of aliphatic hydroxyl groups excluding tert-OH is 1. The predicted molar refractivity (Wildman–Crippen MR) is 156 cm³/mol. The quantitative estimate of drug-likeness (QED) is 0.184. The van der Waals surface area contributed by atoms with E-state index in [1.807, 2.05) is 58.0 Å². The summed E-state index contributed by atoms with van der Waals surface area (Å²) in [6, 6.07) is 7.71. The Morgan fingerprint density at radius 3 is 2.58 bits per heavy atom. The van der Waals surface area contributed by atoms with Gasteiger partial charge in [0.1, 0.15) is 11.5 Å². The van der Waals surface area contributed by atoms with E-state index < -0.39 is 7.60 Å². The lowest BCUT2D eigenvalue weighted by molar-refractivity contribution is 0.0725. The van der Waals surface area contributed by atoms with E-state index in [4.69, 9.17) is 13.8 Å². The average molecular weight is 542 g/mol. The second-order valence-electron chi connectivity index (χ2n) is 9.48. The molecule has 208 valence electrons. The fourth-order valence-corrected chi connectivity index (χ4v) is 5.98. The summed E-state index contributed by atoms with van der Waals surface area (Å²) in [5.74, 6) is 1.01. The first-order valence-electron chi connectivity index (χ1n) is 13.5. The van der Waals surface area contributed by atoms with Crippen LogP contribution in [0.3, 0.4) is 0 Å². The fourth-order valence-electron chi connectivity index (χ4n) is 4.48. The molecule has 38 heavy (non-hydrogen) atoms. The van der Waals surface area contributed by atoms with Crippen LogP contribution in [0.1, 0.15) is 76.3 Å². The number of pyridine rings is 1. The molecule has 1 saturated heterocycles. The van der Waals surface area contributed by atoms with Crippen molar-refractivity contribution in [1.29, 1.82) is 0 Å². The molecule has 0 aliphatic carbocycles. The van der Waals surface area contributed by atoms with Crippen molar-refractivity contribution < 1.29 is 23.5 Å². The number of rotatable bonds is 10. The van der Waals surface area contributed by atoms with Crippen molar-refractivity contribution in [2.45, 2.75) is 73.8 Å². The van der Waals surface area contributed by atoms with Crippen molar-refractivity contribution in [2.75, 3.05) is 13.0 Å². The Balaban J connectivity index is 0.00000247. The first-order chi connectivity index (χ1) is 18.2. The Morgan fingerprint density at radius 2 is 1.97 bits per heavy atom. The largest absolute Gasteiger partial charge is 0.508 e. The molecule has 6 nitrogen and oxygen atoms in total. The van der Waals surface area contributed by atoms with E-state index in [2.05, 4.69) is 32.3 Å². The van der Waals surface area contributed by atoms with Gasteiger partial charge in [0.25, 0.3) is 0 Å². The maximum Gasteiger partial charge on any atom is 0.368 e. The van der Waals surface area contributed by atoms with E-state index in [9.17, 15) is 9.67 Å². The highest BCUT2D eigenvalue weighted by Gasteiger charge is 2.35. The average Bonchev–Trinajstić information content (AvgIpc) is 2.91. The summed E-state index contributed by atoms with van der Waals surface area (Å²) in [6.07, 6.45) is 8.67. The summed E-state index contributed by atoms with van der Waals surface area (Å²) < 4.78 is 30.8. The molecule has 0 spiro atoms. The van der Waals surface area contributed by atoms with Crippen LogP contribution in [0, 0.1) is 12.8 Å². The Bertz CT molecular complexity index is 1170. The number of aryl methyl sites for hydroxylation is 1. The third-order valence-electron chi connectivity index (χ3n) is 6.30. The molecular weight excluding hydrogens is 497 g/mol. The number of hydrogen-bond acceptors (Lipinski definition) is 6. The molecule has 3 rings (SSSR count). The molecule has 0 saturated carbocycles. The third-order valence-corrected chi connectivity index (χ3v) is 7.89. The highest BCUT2D eigenvalue weighted by atomic mass is 31.2. The van der Waals surface area contributed by atoms with Gasteiger partial charge in [-0.1, -0.05) is 52.8 Å². The number of aromatic nitrogens is 1. The van der Waals surface area contributed by atoms with Gasteiger partial charge in [0.05, 0.1) is 12.7 Å². The number of ether oxygens (including phenoxy) is 1. The summed E-state index contributed by atoms with van der Waals surface area (Å²) in [5.41, 5.74) is 6.42. The van der Waals surface area contributed by atoms with Gasteiger partial charge in [-0.25, -0.2) is 0 Å². The number of benzene rings is 1. The first kappa shape index (κ1) is 31.6. The smallest absolute Gasteiger partial charge is 0.368 e. The molecule has 1 aliphatic heterocycles. The molecule has 2 heterocycles. The minimum absolute atomic E-state index is 0.152. The minimum Gasteiger partial charge on any atom is -0.508 e. The van der Waals surface area contributed by atoms with Gasteiger partial charge < -0.3 is 14.4 Å². The summed E-state index contributed by atoms with van der Waals surface area (Å²) in [5, 5.41) is 10.2. The van der Waals surface area contributed by atoms with Gasteiger partial charge in [-0.2, -0.15) is 0 Å². The van der Waals surface area contributed by atoms with Crippen LogP contribution in [-0.2, 0) is 26.5 Å². The van der Waals surface area contributed by atoms with Crippen molar-refractivity contribution in [3.63, 3.8) is 0 Å². The van der Waals surface area contributed by atoms with Crippen LogP contribution in [-0.4, -0.2) is 23.0 Å². The molecule has 1 aromatic heterocycles. The standard InChI is InChI=1S/C29H38NO5P.C2H6/c1-7-26-22(6)17-25(18-24(26)15-21(5)16-27(20(3)4)28(31)8-2)33-19-36(32)34-14-11-29(35-36)23-9-12-30-13-10-23;1-2/h8-10,12-13,16-18,20,29,31H,2,7,11,14-15,19H2,1,3-6H3;1-2H3/b21-16-,28-27-;. The van der Waals surface area contributed by atoms with Crippen molar-refractivity contribution in [1.82, 2.24) is 4.98 Å². The van der Waals surface area contributed by atoms with E-state index in [1.165, 1.54) is 11.6 Å². The predicted octanol–water partition coefficient (Wildman–Crippen LogP) is 8.83. The zero-order valence-electron chi connectivity index (χ0n) is 24.0. The summed E-state index contributed by atoms with van der Waals surface area (Å²) >= 11 is 0. The first-order valence-corrected chi connectivity index (χ1v) is 15.2. The maximum absolute atomic E-state index is 13.3. The number of aliphatic hydroxyl groups is 1. The topological polar surface area (TPSA) is 77.9 Å². The van der Waals surface area contributed by atoms with Crippen molar-refractivity contribution in [3.05, 3.63) is 94.5 Å². The van der Waals surface area contributed by atoms with Crippen LogP contribution in [0.4, 0.5) is 0 Å². The highest BCUT2D eigenvalue weighted by Crippen LogP contribution is 2.55. The van der Waals surface area contributed by atoms with E-state index >= 15 is 0 Å². The lowest BCUT2D eigenvalue weighted by Gasteiger charge is -2.30. The van der Waals surface area contributed by atoms with Gasteiger partial charge in [0.15, 0.2) is 6.35 Å². The molecule has 1 aliphatic rings. The molecule has 0 bridgehead atoms. The summed E-state index contributed by atoms with van der Waals surface area (Å²) in [4.78, 5) is 4.04. The van der Waals surface area contributed by atoms with Gasteiger partial charge in [-0.15, -0.1) is 0 Å². The number of allylic oxidation sites excluding steroid dienone is 4. The van der Waals surface area contributed by atoms with Crippen LogP contribution in [0.2, 0.25) is 0 Å². The van der Waals surface area contributed by atoms with E-state index in [1.54, 1.807) is 12.4 Å². The molecular formula is C31H44NO5P. The fraction of sp³-hybridized carbons (Fsp3) is 0.452. The second kappa shape index (κ2) is 15.1. The molecule has 1 fully saturated rings. The second-order valence-corrected chi connectivity index (χ2v) is 11.4. The van der Waals surface area contributed by atoms with Crippen LogP contribution >= 0.6 is 7.60 Å². The van der Waals surface area contributed by atoms with Gasteiger partial charge in [-0.05, 0) is 90.8 Å². The van der Waals surface area contributed by atoms with Crippen molar-refractivity contribution >= 4 is 7.60 Å². The van der Waals surface area contributed by atoms with Crippen molar-refractivity contribution in [2.24, 2.45) is 5.92 Å². The van der Waals surface area contributed by atoms with Crippen LogP contribution in [0.15, 0.2) is 72.3 Å². The zero-order chi connectivity index (χ0) is 28.3. The Kier molecular flexibility index (Phi) is 12.5. The number of hydrogen-bond donors (Lipinski definition) is 1. The Labute approximate surface area is 229 Å². The highest BCUT2D eigenvalue weighted by molar-refractivity contribution is 7.53. The van der Waals surface area contributed by atoms with Crippen LogP contribution < -0.4 is 4.74 Å². The maximum atomic E-state index is 13.3. The van der Waals surface area contributed by atoms with Gasteiger partial charge in [-0.3, -0.25) is 14.1 Å². The van der Waals surface area contributed by atoms with E-state index in [-0.39, 0.29) is 24.1 Å². The van der Waals surface area contributed by atoms with Gasteiger partial charge in [0.2, 0.25) is 0 Å². The normalized spacial score (nSPS) is 20.3. The summed E-state index contributed by atoms with van der Waals surface area (Å²) in [6.45, 7) is 18.4. The molecule has 1 N–H and O–H groups in total. The lowest BCUT2D eigenvalue weighted by atomic mass is 9.92. The Hall–Kier alpha value is -2.66. The van der Waals surface area contributed by atoms with Crippen LogP contribution in [0.25, 0.3) is 0 Å². The lowest BCUT2D eigenvalue weighted by Crippen LogP contribution is -2.17. The zero-order valence-corrected chi connectivity index (χ0v) is 24.9. The summed E-state index contributed by atoms with van der Waals surface area (Å²) in [7, 11) is -3.42. The molecule has 2 aromatic rings.